The van der Waals surface area contributed by atoms with Crippen molar-refractivity contribution in [2.75, 3.05) is 18.9 Å². The molecule has 0 aliphatic rings. The Morgan fingerprint density at radius 1 is 1.21 bits per heavy atom. The van der Waals surface area contributed by atoms with Crippen molar-refractivity contribution in [3.8, 4) is 34.4 Å². The number of rotatable bonds is 8. The number of hydrogen-bond acceptors (Lipinski definition) is 8. The third-order valence-corrected chi connectivity index (χ3v) is 6.66. The zero-order chi connectivity index (χ0) is 27.4. The molecule has 2 aromatic heterocycles. The highest BCUT2D eigenvalue weighted by Gasteiger charge is 2.23. The van der Waals surface area contributed by atoms with Crippen LogP contribution in [0.15, 0.2) is 45.8 Å². The second-order valence-electron chi connectivity index (χ2n) is 7.78. The first kappa shape index (κ1) is 26.9. The van der Waals surface area contributed by atoms with Gasteiger partial charge >= 0.3 is 0 Å². The van der Waals surface area contributed by atoms with Crippen molar-refractivity contribution < 1.29 is 23.0 Å². The molecule has 0 saturated carbocycles. The van der Waals surface area contributed by atoms with Gasteiger partial charge in [0.15, 0.2) is 11.6 Å². The Kier molecular flexibility index (Phi) is 8.13. The summed E-state index contributed by atoms with van der Waals surface area (Å²) in [7, 11) is 0. The molecule has 4 rings (SSSR count). The largest absolute Gasteiger partial charge is 0.488 e. The highest BCUT2D eigenvalue weighted by molar-refractivity contribution is 7.98. The summed E-state index contributed by atoms with van der Waals surface area (Å²) < 4.78 is 39.4. The molecule has 0 aliphatic heterocycles. The Morgan fingerprint density at radius 2 is 1.95 bits per heavy atom. The first-order chi connectivity index (χ1) is 18.3. The van der Waals surface area contributed by atoms with Gasteiger partial charge in [-0.25, -0.2) is 23.6 Å². The molecule has 4 aromatic rings. The first-order valence-electron chi connectivity index (χ1n) is 11.0. The summed E-state index contributed by atoms with van der Waals surface area (Å²) in [6.45, 7) is 8.89. The van der Waals surface area contributed by atoms with Gasteiger partial charge in [0.25, 0.3) is 0 Å². The van der Waals surface area contributed by atoms with Crippen LogP contribution in [-0.4, -0.2) is 28.3 Å². The summed E-state index contributed by atoms with van der Waals surface area (Å²) in [4.78, 5) is 12.1. The molecule has 192 valence electrons. The van der Waals surface area contributed by atoms with E-state index in [0.717, 1.165) is 17.8 Å². The van der Waals surface area contributed by atoms with E-state index in [4.69, 9.17) is 38.2 Å². The van der Waals surface area contributed by atoms with E-state index in [9.17, 15) is 14.0 Å². The van der Waals surface area contributed by atoms with Crippen molar-refractivity contribution in [1.82, 2.24) is 9.97 Å². The zero-order valence-electron chi connectivity index (χ0n) is 19.8. The van der Waals surface area contributed by atoms with Crippen molar-refractivity contribution in [2.24, 2.45) is 0 Å². The van der Waals surface area contributed by atoms with E-state index in [1.807, 2.05) is 0 Å². The lowest BCUT2D eigenvalue weighted by atomic mass is 9.99. The van der Waals surface area contributed by atoms with Crippen LogP contribution in [0.3, 0.4) is 0 Å². The van der Waals surface area contributed by atoms with Crippen LogP contribution in [-0.2, 0) is 5.75 Å². The Morgan fingerprint density at radius 3 is 2.61 bits per heavy atom. The van der Waals surface area contributed by atoms with Gasteiger partial charge in [0.2, 0.25) is 11.6 Å². The maximum absolute atomic E-state index is 14.7. The summed E-state index contributed by atoms with van der Waals surface area (Å²) in [5.41, 5.74) is 7.32. The Bertz CT molecular complexity index is 1610. The number of nitriles is 1. The molecule has 2 aromatic carbocycles. The van der Waals surface area contributed by atoms with Gasteiger partial charge in [0, 0.05) is 16.9 Å². The average Bonchev–Trinajstić information content (AvgIpc) is 3.28. The molecule has 2 heterocycles. The number of pyridine rings is 1. The lowest BCUT2D eigenvalue weighted by Gasteiger charge is -2.14. The van der Waals surface area contributed by atoms with E-state index in [1.54, 1.807) is 13.0 Å². The number of benzene rings is 2. The molecule has 0 unspecified atom stereocenters. The van der Waals surface area contributed by atoms with Crippen LogP contribution in [0.2, 0.25) is 5.02 Å². The van der Waals surface area contributed by atoms with E-state index >= 15 is 0 Å². The number of aliphatic hydroxyl groups is 1. The number of hydrogen-bond donors (Lipinski definition) is 2. The number of nitrogen functional groups attached to an aromatic ring is 1. The fourth-order valence-electron chi connectivity index (χ4n) is 3.55. The van der Waals surface area contributed by atoms with Gasteiger partial charge in [0.1, 0.15) is 35.1 Å². The SMILES string of the molecule is [C-]#[N+]c1c(N)nc(SCc2nc(-c3ccc(Cl)c(F)c3)oc2C)c(C#N)c1-c1ccc(OCCO)c(F)c1. The maximum Gasteiger partial charge on any atom is 0.236 e. The fraction of sp³-hybridized carbons (Fsp3) is 0.154. The number of thioether (sulfide) groups is 1. The van der Waals surface area contributed by atoms with Gasteiger partial charge < -0.3 is 20.0 Å². The minimum atomic E-state index is -0.732. The summed E-state index contributed by atoms with van der Waals surface area (Å²) in [5.74, 6) is -0.647. The van der Waals surface area contributed by atoms with Crippen LogP contribution in [0.4, 0.5) is 20.3 Å². The monoisotopic (exact) mass is 553 g/mol. The molecule has 12 heteroatoms. The molecule has 0 aliphatic carbocycles. The topological polar surface area (TPSA) is 123 Å². The quantitative estimate of drug-likeness (QED) is 0.192. The highest BCUT2D eigenvalue weighted by atomic mass is 35.5. The predicted molar refractivity (Wildman–Crippen MR) is 139 cm³/mol. The van der Waals surface area contributed by atoms with E-state index in [2.05, 4.69) is 20.9 Å². The van der Waals surface area contributed by atoms with Crippen molar-refractivity contribution in [2.45, 2.75) is 17.7 Å². The number of aromatic nitrogens is 2. The smallest absolute Gasteiger partial charge is 0.236 e. The average molecular weight is 554 g/mol. The molecule has 8 nitrogen and oxygen atoms in total. The van der Waals surface area contributed by atoms with Crippen molar-refractivity contribution >= 4 is 34.9 Å². The molecule has 0 bridgehead atoms. The van der Waals surface area contributed by atoms with Crippen LogP contribution in [0.25, 0.3) is 27.4 Å². The standard InChI is InChI=1S/C26H18ClF2N5O3S/c1-13-20(33-25(37-13)15-3-5-17(27)18(28)10-15)12-38-26-16(11-30)22(23(32-2)24(31)34-26)14-4-6-21(19(29)9-14)36-8-7-35/h3-6,9-10,35H,7-8,12H2,1H3,(H2,31,34). The van der Waals surface area contributed by atoms with Gasteiger partial charge in [-0.15, -0.1) is 0 Å². The van der Waals surface area contributed by atoms with E-state index < -0.39 is 11.6 Å². The second kappa shape index (κ2) is 11.5. The van der Waals surface area contributed by atoms with Crippen LogP contribution in [0.5, 0.6) is 5.75 Å². The van der Waals surface area contributed by atoms with Crippen molar-refractivity contribution in [1.29, 1.82) is 5.26 Å². The molecular weight excluding hydrogens is 536 g/mol. The molecule has 3 N–H and O–H groups in total. The van der Waals surface area contributed by atoms with Gasteiger partial charge in [-0.05, 0) is 42.8 Å². The predicted octanol–water partition coefficient (Wildman–Crippen LogP) is 6.31. The van der Waals surface area contributed by atoms with Crippen LogP contribution in [0, 0.1) is 36.5 Å². The number of ether oxygens (including phenoxy) is 1. The van der Waals surface area contributed by atoms with Gasteiger partial charge in [-0.2, -0.15) is 5.26 Å². The van der Waals surface area contributed by atoms with Crippen LogP contribution in [0.1, 0.15) is 17.0 Å². The van der Waals surface area contributed by atoms with E-state index in [0.29, 0.717) is 17.0 Å². The van der Waals surface area contributed by atoms with Crippen molar-refractivity contribution in [3.05, 3.63) is 81.5 Å². The lowest BCUT2D eigenvalue weighted by Crippen LogP contribution is -2.03. The Hall–Kier alpha value is -4.16. The first-order valence-corrected chi connectivity index (χ1v) is 12.3. The molecule has 0 atom stereocenters. The fourth-order valence-corrected chi connectivity index (χ4v) is 4.67. The number of nitrogens with zero attached hydrogens (tertiary/aromatic N) is 4. The number of halogens is 3. The summed E-state index contributed by atoms with van der Waals surface area (Å²) in [5, 5.41) is 19.1. The molecule has 0 fully saturated rings. The number of aryl methyl sites for hydroxylation is 1. The van der Waals surface area contributed by atoms with Crippen LogP contribution < -0.4 is 10.5 Å². The van der Waals surface area contributed by atoms with E-state index in [1.165, 1.54) is 24.3 Å². The second-order valence-corrected chi connectivity index (χ2v) is 9.15. The maximum atomic E-state index is 14.7. The third-order valence-electron chi connectivity index (χ3n) is 5.36. The Labute approximate surface area is 225 Å². The highest BCUT2D eigenvalue weighted by Crippen LogP contribution is 2.42. The molecule has 0 amide bonds. The van der Waals surface area contributed by atoms with E-state index in [-0.39, 0.29) is 68.9 Å². The molecule has 0 saturated heterocycles. The minimum absolute atomic E-state index is 0.0219. The Balaban J connectivity index is 1.69. The van der Waals surface area contributed by atoms with Crippen LogP contribution >= 0.6 is 23.4 Å². The molecular formula is C26H18ClF2N5O3S. The number of aliphatic hydroxyl groups excluding tert-OH is 1. The lowest BCUT2D eigenvalue weighted by molar-refractivity contribution is 0.196. The molecule has 0 spiro atoms. The molecule has 38 heavy (non-hydrogen) atoms. The number of oxazole rings is 1. The van der Waals surface area contributed by atoms with Gasteiger partial charge in [0.05, 0.1) is 29.5 Å². The minimum Gasteiger partial charge on any atom is -0.488 e. The van der Waals surface area contributed by atoms with Crippen molar-refractivity contribution in [3.63, 3.8) is 0 Å². The summed E-state index contributed by atoms with van der Waals surface area (Å²) >= 11 is 6.88. The third kappa shape index (κ3) is 5.41. The summed E-state index contributed by atoms with van der Waals surface area (Å²) in [6.07, 6.45) is 0. The molecule has 0 radical (unpaired) electrons. The zero-order valence-corrected chi connectivity index (χ0v) is 21.3. The van der Waals surface area contributed by atoms with Gasteiger partial charge in [-0.1, -0.05) is 29.4 Å². The normalized spacial score (nSPS) is 10.7. The van der Waals surface area contributed by atoms with Gasteiger partial charge in [-0.3, -0.25) is 0 Å². The number of anilines is 1. The summed E-state index contributed by atoms with van der Waals surface area (Å²) in [6, 6.07) is 10.2. The number of nitrogens with two attached hydrogens (primary N) is 1.